The number of benzene rings is 11. The van der Waals surface area contributed by atoms with E-state index >= 15 is 0 Å². The van der Waals surface area contributed by atoms with Crippen molar-refractivity contribution in [3.05, 3.63) is 277 Å². The molecule has 69 heavy (non-hydrogen) atoms. The summed E-state index contributed by atoms with van der Waals surface area (Å²) in [7, 11) is 0. The lowest BCUT2D eigenvalue weighted by atomic mass is 9.70. The Kier molecular flexibility index (Phi) is 8.02. The molecule has 0 bridgehead atoms. The number of fused-ring (bicyclic) bond motifs is 16. The molecular formula is C67H42N2. The van der Waals surface area contributed by atoms with Crippen LogP contribution in [0.3, 0.4) is 0 Å². The SMILES string of the molecule is c1ccc(-c2ccc(-n3c4ccc(-c5ccc6c(c5)C5(c7ccccc7-c7ccccc75)c5ccccc5-6)cc4c4ccc(-c5ccc6c7ccccc7n(-c7ccccc7)c6c5)cc43)cc2)cc1. The summed E-state index contributed by atoms with van der Waals surface area (Å²) < 4.78 is 4.87. The van der Waals surface area contributed by atoms with Gasteiger partial charge in [0.25, 0.3) is 0 Å². The van der Waals surface area contributed by atoms with Crippen LogP contribution >= 0.6 is 0 Å². The average molecular weight is 875 g/mol. The second-order valence-corrected chi connectivity index (χ2v) is 18.8. The highest BCUT2D eigenvalue weighted by Gasteiger charge is 2.51. The van der Waals surface area contributed by atoms with Crippen LogP contribution < -0.4 is 0 Å². The molecular weight excluding hydrogens is 833 g/mol. The number of hydrogen-bond donors (Lipinski definition) is 0. The number of rotatable bonds is 5. The minimum atomic E-state index is -0.393. The van der Waals surface area contributed by atoms with Crippen LogP contribution in [0, 0.1) is 0 Å². The van der Waals surface area contributed by atoms with Gasteiger partial charge in [0.05, 0.1) is 27.5 Å². The van der Waals surface area contributed by atoms with Crippen LogP contribution in [-0.4, -0.2) is 9.13 Å². The van der Waals surface area contributed by atoms with E-state index in [-0.39, 0.29) is 0 Å². The molecule has 11 aromatic carbocycles. The van der Waals surface area contributed by atoms with E-state index in [4.69, 9.17) is 0 Å². The predicted octanol–water partition coefficient (Wildman–Crippen LogP) is 17.2. The molecule has 13 aromatic rings. The van der Waals surface area contributed by atoms with Gasteiger partial charge in [-0.3, -0.25) is 0 Å². The van der Waals surface area contributed by atoms with Crippen LogP contribution in [0.15, 0.2) is 255 Å². The largest absolute Gasteiger partial charge is 0.309 e. The van der Waals surface area contributed by atoms with Gasteiger partial charge >= 0.3 is 0 Å². The highest BCUT2D eigenvalue weighted by atomic mass is 15.0. The molecule has 0 saturated carbocycles. The zero-order valence-corrected chi connectivity index (χ0v) is 37.6. The van der Waals surface area contributed by atoms with E-state index in [9.17, 15) is 0 Å². The number of hydrogen-bond acceptors (Lipinski definition) is 0. The predicted molar refractivity (Wildman–Crippen MR) is 288 cm³/mol. The van der Waals surface area contributed by atoms with Crippen molar-refractivity contribution >= 4 is 43.6 Å². The number of nitrogens with zero attached hydrogens (tertiary/aromatic N) is 2. The fourth-order valence-electron chi connectivity index (χ4n) is 12.4. The van der Waals surface area contributed by atoms with Gasteiger partial charge in [0, 0.05) is 32.9 Å². The van der Waals surface area contributed by atoms with Crippen LogP contribution in [0.1, 0.15) is 22.3 Å². The van der Waals surface area contributed by atoms with Crippen LogP contribution in [-0.2, 0) is 5.41 Å². The van der Waals surface area contributed by atoms with Crippen molar-refractivity contribution in [3.63, 3.8) is 0 Å². The van der Waals surface area contributed by atoms with Gasteiger partial charge in [-0.15, -0.1) is 0 Å². The van der Waals surface area contributed by atoms with Crippen LogP contribution in [0.4, 0.5) is 0 Å². The van der Waals surface area contributed by atoms with E-state index in [1.165, 1.54) is 122 Å². The molecule has 2 aromatic heterocycles. The molecule has 0 saturated heterocycles. The zero-order chi connectivity index (χ0) is 45.2. The molecule has 0 radical (unpaired) electrons. The van der Waals surface area contributed by atoms with Gasteiger partial charge in [0.2, 0.25) is 0 Å². The number of aromatic nitrogens is 2. The Hall–Kier alpha value is -8.98. The summed E-state index contributed by atoms with van der Waals surface area (Å²) in [5.74, 6) is 0. The summed E-state index contributed by atoms with van der Waals surface area (Å²) in [6.45, 7) is 0. The number of para-hydroxylation sites is 2. The van der Waals surface area contributed by atoms with Gasteiger partial charge < -0.3 is 9.13 Å². The van der Waals surface area contributed by atoms with Gasteiger partial charge in [-0.2, -0.15) is 0 Å². The smallest absolute Gasteiger partial charge is 0.0725 e. The Morgan fingerprint density at radius 2 is 0.623 bits per heavy atom. The molecule has 2 nitrogen and oxygen atoms in total. The second-order valence-electron chi connectivity index (χ2n) is 18.8. The van der Waals surface area contributed by atoms with Crippen LogP contribution in [0.2, 0.25) is 0 Å². The lowest BCUT2D eigenvalue weighted by molar-refractivity contribution is 0.794. The van der Waals surface area contributed by atoms with Crippen molar-refractivity contribution in [2.45, 2.75) is 5.41 Å². The molecule has 0 atom stereocenters. The zero-order valence-electron chi connectivity index (χ0n) is 37.6. The summed E-state index contributed by atoms with van der Waals surface area (Å²) in [4.78, 5) is 0. The van der Waals surface area contributed by atoms with Crippen molar-refractivity contribution in [1.82, 2.24) is 9.13 Å². The van der Waals surface area contributed by atoms with Crippen molar-refractivity contribution < 1.29 is 0 Å². The van der Waals surface area contributed by atoms with E-state index in [1.54, 1.807) is 0 Å². The summed E-state index contributed by atoms with van der Waals surface area (Å²) in [6.07, 6.45) is 0. The normalized spacial score (nSPS) is 13.0. The summed E-state index contributed by atoms with van der Waals surface area (Å²) in [5.41, 5.74) is 24.6. The van der Waals surface area contributed by atoms with Gasteiger partial charge in [-0.25, -0.2) is 0 Å². The summed E-state index contributed by atoms with van der Waals surface area (Å²) in [5, 5.41) is 4.97. The minimum Gasteiger partial charge on any atom is -0.309 e. The molecule has 2 aliphatic carbocycles. The first-order chi connectivity index (χ1) is 34.2. The van der Waals surface area contributed by atoms with E-state index in [2.05, 4.69) is 264 Å². The molecule has 320 valence electrons. The maximum atomic E-state index is 2.50. The Balaban J connectivity index is 0.926. The van der Waals surface area contributed by atoms with Crippen LogP contribution in [0.5, 0.6) is 0 Å². The fraction of sp³-hybridized carbons (Fsp3) is 0.0149. The lowest BCUT2D eigenvalue weighted by Crippen LogP contribution is -2.25. The maximum absolute atomic E-state index is 2.50. The van der Waals surface area contributed by atoms with Gasteiger partial charge in [-0.1, -0.05) is 194 Å². The van der Waals surface area contributed by atoms with E-state index in [1.807, 2.05) is 0 Å². The Labute approximate surface area is 400 Å². The monoisotopic (exact) mass is 874 g/mol. The van der Waals surface area contributed by atoms with Crippen molar-refractivity contribution in [3.8, 4) is 67.0 Å². The minimum absolute atomic E-state index is 0.393. The summed E-state index contributed by atoms with van der Waals surface area (Å²) >= 11 is 0. The maximum Gasteiger partial charge on any atom is 0.0725 e. The average Bonchev–Trinajstić information content (AvgIpc) is 4.13. The van der Waals surface area contributed by atoms with E-state index in [0.29, 0.717) is 0 Å². The molecule has 15 rings (SSSR count). The topological polar surface area (TPSA) is 9.86 Å². The third kappa shape index (κ3) is 5.37. The standard InChI is InChI=1S/C67H42N2/c1-3-15-43(16-4-1)44-27-33-50(34-28-44)69-64-38-32-45(46-29-35-54-53-21-9-13-25-61(53)67(62(54)40-46)59-23-11-7-19-51(59)52-20-8-12-24-60(52)67)39-58(64)57-37-31-48(42-66(57)69)47-30-36-56-55-22-10-14-26-63(55)68(65(56)41-47)49-17-5-2-6-18-49/h1-42H. The van der Waals surface area contributed by atoms with Crippen molar-refractivity contribution in [1.29, 1.82) is 0 Å². The lowest BCUT2D eigenvalue weighted by Gasteiger charge is -2.30. The molecule has 2 aliphatic rings. The fourth-order valence-corrected chi connectivity index (χ4v) is 12.4. The first-order valence-electron chi connectivity index (χ1n) is 24.0. The molecule has 0 amide bonds. The van der Waals surface area contributed by atoms with Crippen molar-refractivity contribution in [2.24, 2.45) is 0 Å². The first kappa shape index (κ1) is 38.2. The molecule has 2 heterocycles. The van der Waals surface area contributed by atoms with Crippen molar-refractivity contribution in [2.75, 3.05) is 0 Å². The Bertz CT molecular complexity index is 4160. The highest BCUT2D eigenvalue weighted by Crippen LogP contribution is 2.63. The summed E-state index contributed by atoms with van der Waals surface area (Å²) in [6, 6.07) is 94.8. The highest BCUT2D eigenvalue weighted by molar-refractivity contribution is 6.13. The van der Waals surface area contributed by atoms with Crippen LogP contribution in [0.25, 0.3) is 111 Å². The Morgan fingerprint density at radius 1 is 0.217 bits per heavy atom. The van der Waals surface area contributed by atoms with Gasteiger partial charge in [-0.05, 0) is 139 Å². The molecule has 0 N–H and O–H groups in total. The first-order valence-corrected chi connectivity index (χ1v) is 24.0. The quantitative estimate of drug-likeness (QED) is 0.163. The van der Waals surface area contributed by atoms with E-state index in [0.717, 1.165) is 11.4 Å². The molecule has 0 aliphatic heterocycles. The molecule has 2 heteroatoms. The Morgan fingerprint density at radius 3 is 1.26 bits per heavy atom. The van der Waals surface area contributed by atoms with Gasteiger partial charge in [0.15, 0.2) is 0 Å². The molecule has 1 spiro atoms. The molecule has 0 unspecified atom stereocenters. The van der Waals surface area contributed by atoms with Gasteiger partial charge in [0.1, 0.15) is 0 Å². The molecule has 0 fully saturated rings. The third-order valence-electron chi connectivity index (χ3n) is 15.4. The second kappa shape index (κ2) is 14.5. The van der Waals surface area contributed by atoms with E-state index < -0.39 is 5.41 Å². The third-order valence-corrected chi connectivity index (χ3v) is 15.4.